The Morgan fingerprint density at radius 1 is 1.00 bits per heavy atom. The topological polar surface area (TPSA) is 55.4 Å². The molecule has 0 heterocycles. The lowest BCUT2D eigenvalue weighted by molar-refractivity contribution is -0.121. The first-order chi connectivity index (χ1) is 15.8. The van der Waals surface area contributed by atoms with E-state index in [4.69, 9.17) is 4.74 Å². The van der Waals surface area contributed by atoms with Gasteiger partial charge in [0.15, 0.2) is 5.78 Å². The predicted octanol–water partition coefficient (Wildman–Crippen LogP) is 7.31. The molecule has 0 aliphatic heterocycles. The zero-order valence-corrected chi connectivity index (χ0v) is 21.3. The first-order valence-electron chi connectivity index (χ1n) is 12.4. The average Bonchev–Trinajstić information content (AvgIpc) is 2.81. The number of nitrogens with one attached hydrogen (secondary N) is 1. The first kappa shape index (κ1) is 26.6. The molecule has 1 amide bonds. The van der Waals surface area contributed by atoms with Crippen molar-refractivity contribution in [1.82, 2.24) is 0 Å². The molecule has 0 unspecified atom stereocenters. The Kier molecular flexibility index (Phi) is 10.6. The van der Waals surface area contributed by atoms with Crippen molar-refractivity contribution in [2.24, 2.45) is 11.8 Å². The van der Waals surface area contributed by atoms with Gasteiger partial charge in [-0.1, -0.05) is 51.0 Å². The number of Topliss-reactive ketones (excluding diaryl/α,β-unsaturated/α-hetero) is 1. The van der Waals surface area contributed by atoms with Gasteiger partial charge in [-0.05, 0) is 81.5 Å². The quantitative estimate of drug-likeness (QED) is 0.449. The molecule has 4 heteroatoms. The molecule has 1 saturated carbocycles. The summed E-state index contributed by atoms with van der Waals surface area (Å²) in [7, 11) is 1.66. The number of hydrogen-bond acceptors (Lipinski definition) is 3. The minimum Gasteiger partial charge on any atom is -0.496 e. The SMILES string of the molecule is CCCC1CCC(C(=O)Nc2ccc(C)c(OC)c2)CC1.CCc1c(C)cccc1C(C)=O. The van der Waals surface area contributed by atoms with Gasteiger partial charge in [0.1, 0.15) is 5.75 Å². The number of rotatable bonds is 7. The molecule has 0 bridgehead atoms. The number of anilines is 1. The summed E-state index contributed by atoms with van der Waals surface area (Å²) in [6, 6.07) is 11.7. The number of carbonyl (C=O) groups excluding carboxylic acids is 2. The Bertz CT molecular complexity index is 926. The summed E-state index contributed by atoms with van der Waals surface area (Å²) < 4.78 is 5.30. The standard InChI is InChI=1S/C18H27NO2.C11H14O/c1-4-5-14-7-9-15(10-8-14)18(20)19-16-11-6-13(2)17(12-16)21-3;1-4-10-8(2)6-5-7-11(10)9(3)12/h6,11-12,14-15H,4-5,7-10H2,1-3H3,(H,19,20);5-7H,4H2,1-3H3. The summed E-state index contributed by atoms with van der Waals surface area (Å²) in [5.41, 5.74) is 5.18. The molecule has 1 aliphatic carbocycles. The van der Waals surface area contributed by atoms with Crippen LogP contribution in [0.5, 0.6) is 5.75 Å². The van der Waals surface area contributed by atoms with Crippen molar-refractivity contribution in [3.8, 4) is 5.75 Å². The van der Waals surface area contributed by atoms with Crippen LogP contribution in [0.25, 0.3) is 0 Å². The lowest BCUT2D eigenvalue weighted by Gasteiger charge is -2.27. The van der Waals surface area contributed by atoms with Crippen molar-refractivity contribution in [1.29, 1.82) is 0 Å². The fraction of sp³-hybridized carbons (Fsp3) is 0.517. The zero-order valence-electron chi connectivity index (χ0n) is 21.3. The first-order valence-corrected chi connectivity index (χ1v) is 12.4. The maximum Gasteiger partial charge on any atom is 0.227 e. The second-order valence-electron chi connectivity index (χ2n) is 9.19. The van der Waals surface area contributed by atoms with Gasteiger partial charge in [-0.15, -0.1) is 0 Å². The highest BCUT2D eigenvalue weighted by atomic mass is 16.5. The number of amides is 1. The Labute approximate surface area is 200 Å². The largest absolute Gasteiger partial charge is 0.496 e. The van der Waals surface area contributed by atoms with E-state index in [2.05, 4.69) is 19.2 Å². The van der Waals surface area contributed by atoms with E-state index in [0.29, 0.717) is 0 Å². The smallest absolute Gasteiger partial charge is 0.227 e. The van der Waals surface area contributed by atoms with Crippen molar-refractivity contribution >= 4 is 17.4 Å². The molecule has 0 saturated heterocycles. The van der Waals surface area contributed by atoms with E-state index in [1.165, 1.54) is 36.8 Å². The molecule has 33 heavy (non-hydrogen) atoms. The fourth-order valence-electron chi connectivity index (χ4n) is 4.77. The molecular weight excluding hydrogens is 410 g/mol. The molecule has 2 aromatic rings. The van der Waals surface area contributed by atoms with Crippen LogP contribution in [0.1, 0.15) is 86.3 Å². The Hall–Kier alpha value is -2.62. The Morgan fingerprint density at radius 2 is 1.70 bits per heavy atom. The molecule has 4 nitrogen and oxygen atoms in total. The number of carbonyl (C=O) groups is 2. The fourth-order valence-corrected chi connectivity index (χ4v) is 4.77. The van der Waals surface area contributed by atoms with Crippen molar-refractivity contribution in [2.45, 2.75) is 79.6 Å². The van der Waals surface area contributed by atoms with Gasteiger partial charge in [0.25, 0.3) is 0 Å². The summed E-state index contributed by atoms with van der Waals surface area (Å²) in [4.78, 5) is 23.5. The van der Waals surface area contributed by atoms with Gasteiger partial charge in [0.05, 0.1) is 7.11 Å². The molecule has 2 aromatic carbocycles. The van der Waals surface area contributed by atoms with E-state index in [1.54, 1.807) is 14.0 Å². The number of aryl methyl sites for hydroxylation is 2. The monoisotopic (exact) mass is 451 g/mol. The molecule has 0 atom stereocenters. The van der Waals surface area contributed by atoms with Crippen LogP contribution in [-0.2, 0) is 11.2 Å². The second kappa shape index (κ2) is 13.2. The molecule has 0 spiro atoms. The lowest BCUT2D eigenvalue weighted by Crippen LogP contribution is -2.27. The molecule has 180 valence electrons. The molecule has 0 radical (unpaired) electrons. The minimum atomic E-state index is 0.163. The summed E-state index contributed by atoms with van der Waals surface area (Å²) in [6.07, 6.45) is 7.95. The lowest BCUT2D eigenvalue weighted by atomic mass is 9.80. The van der Waals surface area contributed by atoms with Gasteiger partial charge in [-0.2, -0.15) is 0 Å². The van der Waals surface area contributed by atoms with E-state index in [-0.39, 0.29) is 17.6 Å². The van der Waals surface area contributed by atoms with Gasteiger partial charge >= 0.3 is 0 Å². The molecule has 3 rings (SSSR count). The van der Waals surface area contributed by atoms with Crippen molar-refractivity contribution in [2.75, 3.05) is 12.4 Å². The van der Waals surface area contributed by atoms with Crippen LogP contribution in [0.4, 0.5) is 5.69 Å². The predicted molar refractivity (Wildman–Crippen MR) is 137 cm³/mol. The van der Waals surface area contributed by atoms with E-state index in [9.17, 15) is 9.59 Å². The average molecular weight is 452 g/mol. The van der Waals surface area contributed by atoms with Gasteiger partial charge in [-0.3, -0.25) is 9.59 Å². The maximum atomic E-state index is 12.4. The van der Waals surface area contributed by atoms with Crippen molar-refractivity contribution < 1.29 is 14.3 Å². The molecule has 0 aromatic heterocycles. The Morgan fingerprint density at radius 3 is 2.24 bits per heavy atom. The van der Waals surface area contributed by atoms with Gasteiger partial charge < -0.3 is 10.1 Å². The minimum absolute atomic E-state index is 0.163. The number of ketones is 1. The molecular formula is C29H41NO3. The summed E-state index contributed by atoms with van der Waals surface area (Å²) in [5.74, 6) is 2.15. The maximum absolute atomic E-state index is 12.4. The molecule has 1 aliphatic rings. The summed E-state index contributed by atoms with van der Waals surface area (Å²) in [5, 5.41) is 3.04. The highest BCUT2D eigenvalue weighted by molar-refractivity contribution is 5.95. The normalized spacial score (nSPS) is 17.5. The van der Waals surface area contributed by atoms with E-state index < -0.39 is 0 Å². The molecule has 1 N–H and O–H groups in total. The van der Waals surface area contributed by atoms with Gasteiger partial charge in [0, 0.05) is 23.2 Å². The number of methoxy groups -OCH3 is 1. The second-order valence-corrected chi connectivity index (χ2v) is 9.19. The van der Waals surface area contributed by atoms with Crippen LogP contribution >= 0.6 is 0 Å². The summed E-state index contributed by atoms with van der Waals surface area (Å²) in [6.45, 7) is 9.98. The Balaban J connectivity index is 0.000000273. The van der Waals surface area contributed by atoms with Crippen LogP contribution in [-0.4, -0.2) is 18.8 Å². The highest BCUT2D eigenvalue weighted by Crippen LogP contribution is 2.32. The summed E-state index contributed by atoms with van der Waals surface area (Å²) >= 11 is 0. The van der Waals surface area contributed by atoms with Crippen LogP contribution in [0.2, 0.25) is 0 Å². The van der Waals surface area contributed by atoms with Crippen molar-refractivity contribution in [3.05, 3.63) is 58.7 Å². The van der Waals surface area contributed by atoms with Crippen molar-refractivity contribution in [3.63, 3.8) is 0 Å². The van der Waals surface area contributed by atoms with Crippen LogP contribution < -0.4 is 10.1 Å². The van der Waals surface area contributed by atoms with Gasteiger partial charge in [-0.25, -0.2) is 0 Å². The zero-order chi connectivity index (χ0) is 24.4. The van der Waals surface area contributed by atoms with E-state index in [0.717, 1.165) is 47.7 Å². The van der Waals surface area contributed by atoms with Crippen LogP contribution in [0.3, 0.4) is 0 Å². The third-order valence-corrected chi connectivity index (χ3v) is 6.73. The highest BCUT2D eigenvalue weighted by Gasteiger charge is 2.25. The van der Waals surface area contributed by atoms with E-state index in [1.807, 2.05) is 50.2 Å². The third-order valence-electron chi connectivity index (χ3n) is 6.73. The molecule has 1 fully saturated rings. The number of hydrogen-bond donors (Lipinski definition) is 1. The number of ether oxygens (including phenoxy) is 1. The third kappa shape index (κ3) is 7.73. The number of benzene rings is 2. The van der Waals surface area contributed by atoms with Crippen LogP contribution in [0.15, 0.2) is 36.4 Å². The van der Waals surface area contributed by atoms with E-state index >= 15 is 0 Å². The van der Waals surface area contributed by atoms with Crippen LogP contribution in [0, 0.1) is 25.7 Å². The van der Waals surface area contributed by atoms with Gasteiger partial charge in [0.2, 0.25) is 5.91 Å².